The summed E-state index contributed by atoms with van der Waals surface area (Å²) < 4.78 is 17.2. The highest BCUT2D eigenvalue weighted by Gasteiger charge is 2.20. The minimum absolute atomic E-state index is 0.0458. The summed E-state index contributed by atoms with van der Waals surface area (Å²) in [7, 11) is 0. The Labute approximate surface area is 193 Å². The van der Waals surface area contributed by atoms with E-state index in [4.69, 9.17) is 0 Å². The minimum atomic E-state index is -0.615. The minimum Gasteiger partial charge on any atom is -0.348 e. The largest absolute Gasteiger partial charge is 0.348 e. The van der Waals surface area contributed by atoms with Crippen molar-refractivity contribution in [2.75, 3.05) is 23.3 Å². The van der Waals surface area contributed by atoms with Crippen LogP contribution in [-0.2, 0) is 0 Å². The van der Waals surface area contributed by atoms with Gasteiger partial charge in [-0.1, -0.05) is 17.4 Å². The highest BCUT2D eigenvalue weighted by atomic mass is 32.1. The Kier molecular flexibility index (Phi) is 5.71. The zero-order chi connectivity index (χ0) is 22.9. The van der Waals surface area contributed by atoms with E-state index in [-0.39, 0.29) is 17.4 Å². The van der Waals surface area contributed by atoms with Crippen molar-refractivity contribution in [3.8, 4) is 11.5 Å². The number of rotatable bonds is 5. The van der Waals surface area contributed by atoms with Gasteiger partial charge in [0.1, 0.15) is 17.3 Å². The van der Waals surface area contributed by atoms with Crippen molar-refractivity contribution in [1.82, 2.24) is 30.2 Å². The number of benzene rings is 1. The molecular weight excluding hydrogens is 443 g/mol. The van der Waals surface area contributed by atoms with Crippen molar-refractivity contribution in [1.29, 1.82) is 0 Å². The second-order valence-corrected chi connectivity index (χ2v) is 9.26. The fourth-order valence-corrected chi connectivity index (χ4v) is 4.89. The molecule has 1 saturated heterocycles. The van der Waals surface area contributed by atoms with Gasteiger partial charge >= 0.3 is 0 Å². The van der Waals surface area contributed by atoms with E-state index in [9.17, 15) is 9.18 Å². The predicted octanol–water partition coefficient (Wildman–Crippen LogP) is 4.31. The van der Waals surface area contributed by atoms with E-state index in [1.165, 1.54) is 23.8 Å². The summed E-state index contributed by atoms with van der Waals surface area (Å²) in [5.74, 6) is -0.414. The van der Waals surface area contributed by atoms with E-state index in [0.29, 0.717) is 17.0 Å². The quantitative estimate of drug-likeness (QED) is 0.468. The number of nitrogens with zero attached hydrogens (tertiary/aromatic N) is 7. The Morgan fingerprint density at radius 3 is 2.76 bits per heavy atom. The van der Waals surface area contributed by atoms with Crippen LogP contribution in [0.25, 0.3) is 21.7 Å². The van der Waals surface area contributed by atoms with E-state index >= 15 is 0 Å². The van der Waals surface area contributed by atoms with Gasteiger partial charge in [0.05, 0.1) is 21.8 Å². The summed E-state index contributed by atoms with van der Waals surface area (Å²) in [6, 6.07) is 8.08. The van der Waals surface area contributed by atoms with Crippen LogP contribution in [0.15, 0.2) is 30.3 Å². The van der Waals surface area contributed by atoms with E-state index in [0.717, 1.165) is 35.8 Å². The molecule has 0 radical (unpaired) electrons. The first-order valence-electron chi connectivity index (χ1n) is 10.9. The highest BCUT2D eigenvalue weighted by molar-refractivity contribution is 7.22. The maximum Gasteiger partial charge on any atom is 0.259 e. The number of aromatic nitrogens is 6. The lowest BCUT2D eigenvalue weighted by Gasteiger charge is -2.25. The number of pyridine rings is 1. The smallest absolute Gasteiger partial charge is 0.259 e. The first kappa shape index (κ1) is 21.4. The van der Waals surface area contributed by atoms with Crippen LogP contribution in [0, 0.1) is 5.82 Å². The number of tetrazole rings is 1. The first-order chi connectivity index (χ1) is 16.0. The molecular formula is C22H23FN8OS. The molecule has 5 rings (SSSR count). The molecule has 9 nitrogen and oxygen atoms in total. The predicted molar refractivity (Wildman–Crippen MR) is 125 cm³/mol. The third-order valence-corrected chi connectivity index (χ3v) is 6.62. The van der Waals surface area contributed by atoms with Crippen LogP contribution < -0.4 is 10.2 Å². The van der Waals surface area contributed by atoms with Gasteiger partial charge in [-0.3, -0.25) is 4.79 Å². The molecule has 0 atom stereocenters. The van der Waals surface area contributed by atoms with E-state index < -0.39 is 11.7 Å². The number of halogens is 1. The second kappa shape index (κ2) is 8.81. The van der Waals surface area contributed by atoms with Gasteiger partial charge in [0.25, 0.3) is 5.91 Å². The average molecular weight is 467 g/mol. The number of thiazole rings is 1. The van der Waals surface area contributed by atoms with Crippen LogP contribution in [0.3, 0.4) is 0 Å². The third-order valence-electron chi connectivity index (χ3n) is 5.54. The number of hydrogen-bond donors (Lipinski definition) is 1. The maximum atomic E-state index is 14.8. The van der Waals surface area contributed by atoms with Crippen molar-refractivity contribution in [2.45, 2.75) is 39.2 Å². The van der Waals surface area contributed by atoms with Crippen LogP contribution in [0.4, 0.5) is 15.3 Å². The lowest BCUT2D eigenvalue weighted by Crippen LogP contribution is -2.29. The van der Waals surface area contributed by atoms with Gasteiger partial charge in [-0.25, -0.2) is 19.0 Å². The molecule has 170 valence electrons. The Morgan fingerprint density at radius 1 is 1.15 bits per heavy atom. The van der Waals surface area contributed by atoms with Crippen LogP contribution >= 0.6 is 11.3 Å². The molecule has 4 heterocycles. The molecule has 1 fully saturated rings. The fourth-order valence-electron chi connectivity index (χ4n) is 3.85. The summed E-state index contributed by atoms with van der Waals surface area (Å²) in [4.78, 5) is 24.2. The monoisotopic (exact) mass is 466 g/mol. The van der Waals surface area contributed by atoms with Gasteiger partial charge in [0.15, 0.2) is 5.13 Å². The SMILES string of the molecule is CC(C)n1nnnc1-c1cccc(NC(=O)c2cc3sc(N4CCCCC4)nc3cc2F)n1. The van der Waals surface area contributed by atoms with E-state index in [2.05, 4.69) is 35.7 Å². The summed E-state index contributed by atoms with van der Waals surface area (Å²) >= 11 is 1.48. The van der Waals surface area contributed by atoms with Crippen molar-refractivity contribution in [3.63, 3.8) is 0 Å². The van der Waals surface area contributed by atoms with Gasteiger partial charge in [0, 0.05) is 19.2 Å². The molecule has 33 heavy (non-hydrogen) atoms. The Hall–Kier alpha value is -3.47. The second-order valence-electron chi connectivity index (χ2n) is 8.25. The van der Waals surface area contributed by atoms with Crippen molar-refractivity contribution in [2.24, 2.45) is 0 Å². The average Bonchev–Trinajstić information content (AvgIpc) is 3.46. The topological polar surface area (TPSA) is 102 Å². The maximum absolute atomic E-state index is 14.8. The van der Waals surface area contributed by atoms with Crippen LogP contribution in [0.5, 0.6) is 0 Å². The van der Waals surface area contributed by atoms with Crippen molar-refractivity contribution >= 4 is 38.4 Å². The molecule has 1 aromatic carbocycles. The van der Waals surface area contributed by atoms with Crippen molar-refractivity contribution in [3.05, 3.63) is 41.7 Å². The lowest BCUT2D eigenvalue weighted by molar-refractivity contribution is 0.102. The van der Waals surface area contributed by atoms with Gasteiger partial charge in [-0.05, 0) is 61.7 Å². The number of nitrogens with one attached hydrogen (secondary N) is 1. The number of piperidine rings is 1. The van der Waals surface area contributed by atoms with Gasteiger partial charge in [-0.15, -0.1) is 5.10 Å². The first-order valence-corrected chi connectivity index (χ1v) is 11.7. The van der Waals surface area contributed by atoms with Gasteiger partial charge < -0.3 is 10.2 Å². The summed E-state index contributed by atoms with van der Waals surface area (Å²) in [6.45, 7) is 5.83. The standard InChI is InChI=1S/C22H23FN8OS/c1-13(2)31-20(27-28-29-31)16-7-6-8-19(24-16)26-21(32)14-11-18-17(12-15(14)23)25-22(33-18)30-9-4-3-5-10-30/h6-8,11-13H,3-5,9-10H2,1-2H3,(H,24,26,32). The van der Waals surface area contributed by atoms with Crippen LogP contribution in [0.1, 0.15) is 49.5 Å². The van der Waals surface area contributed by atoms with Crippen LogP contribution in [0.2, 0.25) is 0 Å². The highest BCUT2D eigenvalue weighted by Crippen LogP contribution is 2.32. The lowest BCUT2D eigenvalue weighted by atomic mass is 10.1. The normalized spacial score (nSPS) is 14.2. The molecule has 0 aliphatic carbocycles. The van der Waals surface area contributed by atoms with E-state index in [1.807, 2.05) is 13.8 Å². The number of amides is 1. The molecule has 4 aromatic rings. The molecule has 0 spiro atoms. The zero-order valence-corrected chi connectivity index (χ0v) is 19.1. The fraction of sp³-hybridized carbons (Fsp3) is 0.364. The number of hydrogen-bond acceptors (Lipinski definition) is 8. The number of carbonyl (C=O) groups excluding carboxylic acids is 1. The molecule has 1 aliphatic heterocycles. The summed E-state index contributed by atoms with van der Waals surface area (Å²) in [5, 5.41) is 15.3. The Balaban J connectivity index is 1.40. The molecule has 0 bridgehead atoms. The Bertz CT molecular complexity index is 1310. The van der Waals surface area contributed by atoms with Gasteiger partial charge in [-0.2, -0.15) is 0 Å². The number of fused-ring (bicyclic) bond motifs is 1. The third kappa shape index (κ3) is 4.28. The summed E-state index contributed by atoms with van der Waals surface area (Å²) in [6.07, 6.45) is 3.49. The molecule has 1 amide bonds. The molecule has 0 unspecified atom stereocenters. The number of carbonyl (C=O) groups is 1. The zero-order valence-electron chi connectivity index (χ0n) is 18.3. The Morgan fingerprint density at radius 2 is 1.97 bits per heavy atom. The molecule has 3 aromatic heterocycles. The number of anilines is 2. The van der Waals surface area contributed by atoms with Crippen LogP contribution in [-0.4, -0.2) is 49.2 Å². The van der Waals surface area contributed by atoms with Crippen molar-refractivity contribution < 1.29 is 9.18 Å². The molecule has 0 saturated carbocycles. The summed E-state index contributed by atoms with van der Waals surface area (Å²) in [5.41, 5.74) is 1.03. The molecule has 11 heteroatoms. The molecule has 1 aliphatic rings. The van der Waals surface area contributed by atoms with E-state index in [1.54, 1.807) is 28.9 Å². The van der Waals surface area contributed by atoms with Gasteiger partial charge in [0.2, 0.25) is 5.82 Å². The molecule has 1 N–H and O–H groups in total.